The minimum atomic E-state index is -0.805. The molecular weight excluding hydrogens is 200 g/mol. The van der Waals surface area contributed by atoms with Gasteiger partial charge in [0.25, 0.3) is 0 Å². The number of benzene rings is 1. The molecule has 0 aromatic heterocycles. The van der Waals surface area contributed by atoms with Crippen molar-refractivity contribution in [1.82, 2.24) is 0 Å². The van der Waals surface area contributed by atoms with Gasteiger partial charge in [-0.05, 0) is 55.5 Å². The van der Waals surface area contributed by atoms with Crippen LogP contribution >= 0.6 is 0 Å². The van der Waals surface area contributed by atoms with E-state index in [1.54, 1.807) is 21.0 Å². The van der Waals surface area contributed by atoms with Crippen LogP contribution in [0.25, 0.3) is 0 Å². The lowest BCUT2D eigenvalue weighted by Crippen LogP contribution is -2.16. The van der Waals surface area contributed by atoms with E-state index >= 15 is 0 Å². The van der Waals surface area contributed by atoms with Gasteiger partial charge in [0.05, 0.1) is 12.7 Å². The third-order valence-corrected chi connectivity index (χ3v) is 2.84. The van der Waals surface area contributed by atoms with Crippen molar-refractivity contribution < 1.29 is 9.84 Å². The number of hydrogen-bond donors (Lipinski definition) is 1. The maximum Gasteiger partial charge on any atom is 0.125 e. The molecule has 1 rings (SSSR count). The number of aliphatic hydroxyl groups is 1. The third-order valence-electron chi connectivity index (χ3n) is 2.84. The average Bonchev–Trinajstić information content (AvgIpc) is 2.14. The van der Waals surface area contributed by atoms with Gasteiger partial charge in [0.15, 0.2) is 0 Å². The fourth-order valence-electron chi connectivity index (χ4n) is 1.86. The highest BCUT2D eigenvalue weighted by Gasteiger charge is 2.20. The summed E-state index contributed by atoms with van der Waals surface area (Å²) in [6, 6.07) is 4.03. The van der Waals surface area contributed by atoms with Crippen LogP contribution in [0.3, 0.4) is 0 Å². The predicted octanol–water partition coefficient (Wildman–Crippen LogP) is 3.35. The molecular formula is C14H22O2. The molecule has 2 heteroatoms. The number of methoxy groups -OCH3 is 1. The van der Waals surface area contributed by atoms with Gasteiger partial charge in [-0.3, -0.25) is 0 Å². The molecule has 0 saturated heterocycles. The smallest absolute Gasteiger partial charge is 0.125 e. The van der Waals surface area contributed by atoms with Crippen LogP contribution < -0.4 is 4.74 Å². The molecule has 1 N–H and O–H groups in total. The molecule has 1 aromatic rings. The SMILES string of the molecule is COc1c(C)cc(C(C)(C)O)cc1C(C)C. The van der Waals surface area contributed by atoms with Gasteiger partial charge in [-0.1, -0.05) is 13.8 Å². The maximum atomic E-state index is 10.0. The summed E-state index contributed by atoms with van der Waals surface area (Å²) < 4.78 is 5.42. The van der Waals surface area contributed by atoms with E-state index in [1.807, 2.05) is 19.1 Å². The van der Waals surface area contributed by atoms with Crippen molar-refractivity contribution in [3.63, 3.8) is 0 Å². The zero-order valence-corrected chi connectivity index (χ0v) is 11.1. The Morgan fingerprint density at radius 1 is 1.25 bits per heavy atom. The van der Waals surface area contributed by atoms with Gasteiger partial charge >= 0.3 is 0 Å². The largest absolute Gasteiger partial charge is 0.496 e. The molecule has 0 aliphatic heterocycles. The first-order valence-corrected chi connectivity index (χ1v) is 5.68. The van der Waals surface area contributed by atoms with E-state index < -0.39 is 5.60 Å². The molecule has 0 spiro atoms. The van der Waals surface area contributed by atoms with Crippen LogP contribution in [-0.4, -0.2) is 12.2 Å². The van der Waals surface area contributed by atoms with Crippen LogP contribution in [0.15, 0.2) is 12.1 Å². The molecule has 1 aromatic carbocycles. The summed E-state index contributed by atoms with van der Waals surface area (Å²) in [4.78, 5) is 0. The molecule has 0 unspecified atom stereocenters. The first-order valence-electron chi connectivity index (χ1n) is 5.68. The summed E-state index contributed by atoms with van der Waals surface area (Å²) in [7, 11) is 1.69. The molecule has 0 bridgehead atoms. The standard InChI is InChI=1S/C14H22O2/c1-9(2)12-8-11(14(4,5)15)7-10(3)13(12)16-6/h7-9,15H,1-6H3. The van der Waals surface area contributed by atoms with Crippen LogP contribution in [0, 0.1) is 6.92 Å². The quantitative estimate of drug-likeness (QED) is 0.849. The molecule has 0 fully saturated rings. The van der Waals surface area contributed by atoms with Crippen molar-refractivity contribution >= 4 is 0 Å². The normalized spacial score (nSPS) is 12.0. The van der Waals surface area contributed by atoms with E-state index in [2.05, 4.69) is 13.8 Å². The highest BCUT2D eigenvalue weighted by Crippen LogP contribution is 2.34. The fraction of sp³-hybridized carbons (Fsp3) is 0.571. The van der Waals surface area contributed by atoms with Crippen LogP contribution in [0.5, 0.6) is 5.75 Å². The Balaban J connectivity index is 3.40. The number of rotatable bonds is 3. The monoisotopic (exact) mass is 222 g/mol. The molecule has 2 nitrogen and oxygen atoms in total. The molecule has 0 radical (unpaired) electrons. The lowest BCUT2D eigenvalue weighted by molar-refractivity contribution is 0.0783. The van der Waals surface area contributed by atoms with E-state index in [0.717, 1.165) is 22.4 Å². The van der Waals surface area contributed by atoms with Crippen molar-refractivity contribution in [2.24, 2.45) is 0 Å². The number of ether oxygens (including phenoxy) is 1. The van der Waals surface area contributed by atoms with Gasteiger partial charge in [0, 0.05) is 0 Å². The second-order valence-corrected chi connectivity index (χ2v) is 5.13. The minimum absolute atomic E-state index is 0.385. The molecule has 0 saturated carbocycles. The second-order valence-electron chi connectivity index (χ2n) is 5.13. The molecule has 0 amide bonds. The Morgan fingerprint density at radius 3 is 2.19 bits per heavy atom. The van der Waals surface area contributed by atoms with E-state index in [9.17, 15) is 5.11 Å². The Kier molecular flexibility index (Phi) is 3.64. The third kappa shape index (κ3) is 2.56. The lowest BCUT2D eigenvalue weighted by atomic mass is 9.90. The second kappa shape index (κ2) is 4.46. The van der Waals surface area contributed by atoms with Crippen molar-refractivity contribution in [3.8, 4) is 5.75 Å². The number of aryl methyl sites for hydroxylation is 1. The van der Waals surface area contributed by atoms with Crippen molar-refractivity contribution in [3.05, 3.63) is 28.8 Å². The van der Waals surface area contributed by atoms with Crippen molar-refractivity contribution in [2.45, 2.75) is 46.1 Å². The predicted molar refractivity (Wildman–Crippen MR) is 67.1 cm³/mol. The van der Waals surface area contributed by atoms with Crippen LogP contribution in [0.1, 0.15) is 50.3 Å². The summed E-state index contributed by atoms with van der Waals surface area (Å²) in [5.41, 5.74) is 2.36. The van der Waals surface area contributed by atoms with Gasteiger partial charge < -0.3 is 9.84 Å². The first-order chi connectivity index (χ1) is 7.27. The van der Waals surface area contributed by atoms with Crippen molar-refractivity contribution in [1.29, 1.82) is 0 Å². The topological polar surface area (TPSA) is 29.5 Å². The van der Waals surface area contributed by atoms with Gasteiger partial charge in [0.1, 0.15) is 5.75 Å². The minimum Gasteiger partial charge on any atom is -0.496 e. The van der Waals surface area contributed by atoms with Crippen molar-refractivity contribution in [2.75, 3.05) is 7.11 Å². The Morgan fingerprint density at radius 2 is 1.81 bits per heavy atom. The molecule has 0 atom stereocenters. The maximum absolute atomic E-state index is 10.0. The summed E-state index contributed by atoms with van der Waals surface area (Å²) in [5, 5.41) is 10.0. The van der Waals surface area contributed by atoms with Gasteiger partial charge in [-0.2, -0.15) is 0 Å². The summed E-state index contributed by atoms with van der Waals surface area (Å²) in [6.07, 6.45) is 0. The Labute approximate surface area is 98.3 Å². The molecule has 0 aliphatic rings. The van der Waals surface area contributed by atoms with Gasteiger partial charge in [-0.25, -0.2) is 0 Å². The first kappa shape index (κ1) is 13.0. The highest BCUT2D eigenvalue weighted by molar-refractivity contribution is 5.46. The highest BCUT2D eigenvalue weighted by atomic mass is 16.5. The van der Waals surface area contributed by atoms with Crippen LogP contribution in [0.2, 0.25) is 0 Å². The van der Waals surface area contributed by atoms with E-state index in [4.69, 9.17) is 4.74 Å². The Bertz CT molecular complexity index is 373. The molecule has 0 heterocycles. The average molecular weight is 222 g/mol. The number of hydrogen-bond acceptors (Lipinski definition) is 2. The van der Waals surface area contributed by atoms with E-state index in [-0.39, 0.29) is 0 Å². The summed E-state index contributed by atoms with van der Waals surface area (Å²) >= 11 is 0. The molecule has 0 aliphatic carbocycles. The molecule has 90 valence electrons. The Hall–Kier alpha value is -1.02. The molecule has 16 heavy (non-hydrogen) atoms. The fourth-order valence-corrected chi connectivity index (χ4v) is 1.86. The van der Waals surface area contributed by atoms with E-state index in [0.29, 0.717) is 5.92 Å². The summed E-state index contributed by atoms with van der Waals surface area (Å²) in [5.74, 6) is 1.32. The summed E-state index contributed by atoms with van der Waals surface area (Å²) in [6.45, 7) is 9.88. The zero-order chi connectivity index (χ0) is 12.5. The van der Waals surface area contributed by atoms with Crippen LogP contribution in [-0.2, 0) is 5.60 Å². The van der Waals surface area contributed by atoms with Gasteiger partial charge in [-0.15, -0.1) is 0 Å². The van der Waals surface area contributed by atoms with Gasteiger partial charge in [0.2, 0.25) is 0 Å². The lowest BCUT2D eigenvalue weighted by Gasteiger charge is -2.23. The van der Waals surface area contributed by atoms with Crippen LogP contribution in [0.4, 0.5) is 0 Å². The zero-order valence-electron chi connectivity index (χ0n) is 11.1. The van der Waals surface area contributed by atoms with E-state index in [1.165, 1.54) is 0 Å².